The lowest BCUT2D eigenvalue weighted by atomic mass is 9.96. The Kier molecular flexibility index (Phi) is 4.84. The smallest absolute Gasteiger partial charge is 0.407 e. The van der Waals surface area contributed by atoms with Gasteiger partial charge < -0.3 is 29.3 Å². The summed E-state index contributed by atoms with van der Waals surface area (Å²) in [6, 6.07) is 11.3. The normalized spacial score (nSPS) is 24.6. The molecule has 210 valence electrons. The highest BCUT2D eigenvalue weighted by molar-refractivity contribution is 5.98. The van der Waals surface area contributed by atoms with Gasteiger partial charge in [-0.2, -0.15) is 8.78 Å². The number of likely N-dealkylation sites (tertiary alicyclic amines) is 1. The van der Waals surface area contributed by atoms with Crippen LogP contribution >= 0.6 is 0 Å². The van der Waals surface area contributed by atoms with E-state index in [-0.39, 0.29) is 42.8 Å². The van der Waals surface area contributed by atoms with E-state index in [1.54, 1.807) is 35.0 Å². The Morgan fingerprint density at radius 2 is 2.02 bits per heavy atom. The zero-order valence-corrected chi connectivity index (χ0v) is 21.4. The van der Waals surface area contributed by atoms with Crippen LogP contribution in [0, 0.1) is 0 Å². The van der Waals surface area contributed by atoms with Crippen molar-refractivity contribution in [3.8, 4) is 16.9 Å². The molecule has 2 N–H and O–H groups in total. The van der Waals surface area contributed by atoms with E-state index >= 15 is 0 Å². The molecule has 10 nitrogen and oxygen atoms in total. The van der Waals surface area contributed by atoms with Gasteiger partial charge in [0.05, 0.1) is 35.4 Å². The number of imidazole rings is 1. The molecule has 0 radical (unpaired) electrons. The minimum atomic E-state index is -3.16. The molecule has 2 amide bonds. The van der Waals surface area contributed by atoms with Crippen LogP contribution in [0.4, 0.5) is 13.6 Å². The molecule has 1 saturated heterocycles. The molecule has 5 heterocycles. The molecule has 0 saturated carbocycles. The van der Waals surface area contributed by atoms with Crippen LogP contribution in [-0.2, 0) is 5.60 Å². The molecular formula is C29H25F2N5O5. The van der Waals surface area contributed by atoms with E-state index in [0.717, 1.165) is 9.80 Å². The second-order valence-electron chi connectivity index (χ2n) is 10.5. The number of aromatic nitrogens is 3. The van der Waals surface area contributed by atoms with Crippen molar-refractivity contribution in [3.63, 3.8) is 0 Å². The van der Waals surface area contributed by atoms with E-state index < -0.39 is 43.3 Å². The Morgan fingerprint density at radius 1 is 1.20 bits per heavy atom. The van der Waals surface area contributed by atoms with Gasteiger partial charge in [-0.3, -0.25) is 9.78 Å². The summed E-state index contributed by atoms with van der Waals surface area (Å²) >= 11 is 0. The summed E-state index contributed by atoms with van der Waals surface area (Å²) in [6.07, 6.45) is 0.782. The van der Waals surface area contributed by atoms with Gasteiger partial charge in [0.25, 0.3) is 5.91 Å². The first kappa shape index (κ1) is 22.1. The number of ether oxygens (including phenoxy) is 1. The molecule has 4 aromatic rings. The van der Waals surface area contributed by atoms with Crippen molar-refractivity contribution < 1.29 is 37.4 Å². The van der Waals surface area contributed by atoms with Crippen LogP contribution < -0.4 is 4.74 Å². The molecule has 12 heteroatoms. The predicted molar refractivity (Wildman–Crippen MR) is 142 cm³/mol. The number of benzene rings is 2. The van der Waals surface area contributed by atoms with Crippen molar-refractivity contribution in [2.45, 2.75) is 37.1 Å². The highest BCUT2D eigenvalue weighted by Gasteiger charge is 2.45. The van der Waals surface area contributed by atoms with Crippen molar-refractivity contribution in [3.05, 3.63) is 77.4 Å². The zero-order valence-electron chi connectivity index (χ0n) is 24.4. The minimum Gasteiger partial charge on any atom is -0.465 e. The van der Waals surface area contributed by atoms with Gasteiger partial charge in [-0.15, -0.1) is 0 Å². The Labute approximate surface area is 236 Å². The number of pyridine rings is 1. The van der Waals surface area contributed by atoms with Crippen LogP contribution in [0.2, 0.25) is 0 Å². The number of aliphatic hydroxyl groups is 1. The lowest BCUT2D eigenvalue weighted by Crippen LogP contribution is -2.34. The number of fused-ring (bicyclic) bond motifs is 9. The van der Waals surface area contributed by atoms with E-state index in [0.29, 0.717) is 33.7 Å². The third-order valence-electron chi connectivity index (χ3n) is 8.24. The molecule has 41 heavy (non-hydrogen) atoms. The van der Waals surface area contributed by atoms with E-state index in [1.165, 1.54) is 18.2 Å². The lowest BCUT2D eigenvalue weighted by molar-refractivity contribution is -0.0507. The highest BCUT2D eigenvalue weighted by Crippen LogP contribution is 2.50. The van der Waals surface area contributed by atoms with Gasteiger partial charge >= 0.3 is 12.7 Å². The number of halogens is 2. The molecule has 1 fully saturated rings. The Hall–Kier alpha value is -4.58. The molecule has 3 atom stereocenters. The number of carbonyl (C=O) groups excluding carboxylic acids is 1. The third kappa shape index (κ3) is 3.85. The maximum Gasteiger partial charge on any atom is 0.407 e. The van der Waals surface area contributed by atoms with Gasteiger partial charge in [0.1, 0.15) is 17.2 Å². The van der Waals surface area contributed by atoms with E-state index in [2.05, 4.69) is 4.98 Å². The maximum absolute atomic E-state index is 13.6. The Bertz CT molecular complexity index is 1830. The molecule has 0 aliphatic carbocycles. The number of nitrogens with zero attached hydrogens (tertiary/aromatic N) is 5. The first-order valence-corrected chi connectivity index (χ1v) is 13.0. The fourth-order valence-corrected chi connectivity index (χ4v) is 6.29. The first-order chi connectivity index (χ1) is 20.9. The number of hydrogen-bond acceptors (Lipinski definition) is 6. The molecular weight excluding hydrogens is 536 g/mol. The molecule has 1 unspecified atom stereocenters. The van der Waals surface area contributed by atoms with Crippen molar-refractivity contribution in [1.29, 1.82) is 0 Å². The molecule has 3 aliphatic rings. The summed E-state index contributed by atoms with van der Waals surface area (Å²) in [5, 5.41) is 20.3. The zero-order chi connectivity index (χ0) is 31.1. The van der Waals surface area contributed by atoms with Crippen molar-refractivity contribution in [1.82, 2.24) is 24.3 Å². The number of carbonyl (C=O) groups is 2. The number of hydrogen-bond donors (Lipinski definition) is 2. The average molecular weight is 565 g/mol. The Morgan fingerprint density at radius 3 is 2.73 bits per heavy atom. The monoisotopic (exact) mass is 564 g/mol. The summed E-state index contributed by atoms with van der Waals surface area (Å²) in [5.41, 5.74) is 1.60. The van der Waals surface area contributed by atoms with Crippen molar-refractivity contribution in [2.24, 2.45) is 0 Å². The minimum absolute atomic E-state index is 0.0264. The lowest BCUT2D eigenvalue weighted by Gasteiger charge is -2.24. The van der Waals surface area contributed by atoms with Gasteiger partial charge in [0.15, 0.2) is 0 Å². The third-order valence-corrected chi connectivity index (χ3v) is 8.24. The van der Waals surface area contributed by atoms with E-state index in [1.807, 2.05) is 6.07 Å². The van der Waals surface area contributed by atoms with Gasteiger partial charge in [-0.05, 0) is 35.9 Å². The summed E-state index contributed by atoms with van der Waals surface area (Å²) in [7, 11) is 0. The number of β-amino-alcohol motifs (C(OH)–C–C–N with tert-alkyl or cyclic N) is 1. The topological polar surface area (TPSA) is 121 Å². The number of rotatable bonds is 4. The molecule has 0 spiro atoms. The fraction of sp³-hybridized carbons (Fsp3) is 0.310. The highest BCUT2D eigenvalue weighted by atomic mass is 19.3. The molecule has 2 aromatic heterocycles. The van der Waals surface area contributed by atoms with E-state index in [9.17, 15) is 28.6 Å². The van der Waals surface area contributed by atoms with Crippen LogP contribution in [0.15, 0.2) is 54.7 Å². The second-order valence-corrected chi connectivity index (χ2v) is 10.5. The van der Waals surface area contributed by atoms with Crippen molar-refractivity contribution in [2.75, 3.05) is 20.1 Å². The average Bonchev–Trinajstić information content (AvgIpc) is 3.63. The molecule has 7 rings (SSSR count). The quantitative estimate of drug-likeness (QED) is 0.377. The molecule has 2 aromatic carbocycles. The Balaban J connectivity index is 1.33. The predicted octanol–water partition coefficient (Wildman–Crippen LogP) is 4.39. The fourth-order valence-electron chi connectivity index (χ4n) is 6.29. The van der Waals surface area contributed by atoms with Crippen LogP contribution in [0.5, 0.6) is 5.75 Å². The van der Waals surface area contributed by atoms with E-state index in [4.69, 9.17) is 13.8 Å². The van der Waals surface area contributed by atoms with Crippen LogP contribution in [0.3, 0.4) is 0 Å². The van der Waals surface area contributed by atoms with Gasteiger partial charge in [0, 0.05) is 53.4 Å². The molecule has 3 aliphatic heterocycles. The maximum atomic E-state index is 13.6. The SMILES string of the molecule is [2H]C([2H])([2H])N1C(=O)c2cccc(OC(F)F)c2[C@H]2C[C@@H]1c1nc3ccc(-c4ccc(C5(O)CCN(C(=O)O)C5)nc4)cc3n12. The van der Waals surface area contributed by atoms with Crippen LogP contribution in [0.25, 0.3) is 22.2 Å². The summed E-state index contributed by atoms with van der Waals surface area (Å²) in [5.74, 6) is -0.698. The van der Waals surface area contributed by atoms with Gasteiger partial charge in [-0.25, -0.2) is 9.78 Å². The number of carboxylic acid groups (broad SMARTS) is 1. The van der Waals surface area contributed by atoms with Crippen LogP contribution in [0.1, 0.15) is 56.5 Å². The summed E-state index contributed by atoms with van der Waals surface area (Å²) in [6.45, 7) is -5.88. The second kappa shape index (κ2) is 8.96. The summed E-state index contributed by atoms with van der Waals surface area (Å²) < 4.78 is 58.0. The van der Waals surface area contributed by atoms with Crippen molar-refractivity contribution >= 4 is 23.0 Å². The number of amides is 2. The largest absolute Gasteiger partial charge is 0.465 e. The standard InChI is InChI=1S/C29H25F2N5O5/c1-34-21-12-20(24-17(26(34)37)3-2-4-22(24)41-27(30)31)36-19-11-15(5-7-18(19)33-25(21)36)16-6-8-23(32-13-16)29(40)9-10-35(14-29)28(38)39/h2-8,11,13,20-21,27,40H,9-10,12,14H2,1H3,(H,38,39)/t20-,21-,29?/m1/s1/i1D3. The van der Waals surface area contributed by atoms with Crippen LogP contribution in [-0.4, -0.2) is 73.2 Å². The molecule has 2 bridgehead atoms. The summed E-state index contributed by atoms with van der Waals surface area (Å²) in [4.78, 5) is 36.0. The number of alkyl halides is 2. The van der Waals surface area contributed by atoms with Gasteiger partial charge in [-0.1, -0.05) is 18.2 Å². The first-order valence-electron chi connectivity index (χ1n) is 14.5. The van der Waals surface area contributed by atoms with Gasteiger partial charge in [0.2, 0.25) is 0 Å².